The molecule has 0 N–H and O–H groups in total. The lowest BCUT2D eigenvalue weighted by Crippen LogP contribution is -2.20. The molecule has 0 saturated carbocycles. The average Bonchev–Trinajstić information content (AvgIpc) is 2.11. The molecule has 0 aromatic rings. The van der Waals surface area contributed by atoms with E-state index in [2.05, 4.69) is 27.4 Å². The van der Waals surface area contributed by atoms with Crippen LogP contribution in [0.5, 0.6) is 0 Å². The van der Waals surface area contributed by atoms with E-state index in [9.17, 15) is 0 Å². The smallest absolute Gasteiger partial charge is 0.0633 e. The van der Waals surface area contributed by atoms with Crippen molar-refractivity contribution in [1.29, 1.82) is 0 Å². The molecule has 0 radical (unpaired) electrons. The zero-order chi connectivity index (χ0) is 10.3. The van der Waals surface area contributed by atoms with Gasteiger partial charge in [-0.25, -0.2) is 0 Å². The number of methoxy groups -OCH3 is 1. The molecule has 2 atom stereocenters. The highest BCUT2D eigenvalue weighted by Gasteiger charge is 2.16. The second-order valence-corrected chi connectivity index (χ2v) is 3.90. The van der Waals surface area contributed by atoms with E-state index in [0.717, 1.165) is 0 Å². The molecule has 1 nitrogen and oxygen atoms in total. The Balaban J connectivity index is 3.80. The summed E-state index contributed by atoms with van der Waals surface area (Å²) in [6, 6.07) is 0. The third-order valence-electron chi connectivity index (χ3n) is 2.73. The Morgan fingerprint density at radius 2 is 2.00 bits per heavy atom. The van der Waals surface area contributed by atoms with E-state index in [1.807, 2.05) is 0 Å². The van der Waals surface area contributed by atoms with Crippen LogP contribution in [0.2, 0.25) is 0 Å². The second-order valence-electron chi connectivity index (χ2n) is 3.90. The topological polar surface area (TPSA) is 9.23 Å². The molecule has 0 aliphatic rings. The molecule has 78 valence electrons. The third-order valence-corrected chi connectivity index (χ3v) is 2.73. The van der Waals surface area contributed by atoms with Crippen LogP contribution in [0.4, 0.5) is 0 Å². The summed E-state index contributed by atoms with van der Waals surface area (Å²) in [4.78, 5) is 0. The summed E-state index contributed by atoms with van der Waals surface area (Å²) in [5.41, 5.74) is 1.23. The van der Waals surface area contributed by atoms with E-state index < -0.39 is 0 Å². The third kappa shape index (κ3) is 5.09. The first-order chi connectivity index (χ1) is 6.13. The van der Waals surface area contributed by atoms with Crippen molar-refractivity contribution < 1.29 is 4.74 Å². The van der Waals surface area contributed by atoms with Crippen molar-refractivity contribution in [3.8, 4) is 0 Å². The number of rotatable bonds is 7. The van der Waals surface area contributed by atoms with E-state index in [0.29, 0.717) is 12.0 Å². The fourth-order valence-corrected chi connectivity index (χ4v) is 1.48. The molecule has 0 saturated heterocycles. The molecule has 0 aliphatic carbocycles. The van der Waals surface area contributed by atoms with Crippen LogP contribution < -0.4 is 0 Å². The molecular weight excluding hydrogens is 160 g/mol. The van der Waals surface area contributed by atoms with Crippen LogP contribution in [0.3, 0.4) is 0 Å². The minimum absolute atomic E-state index is 0.365. The summed E-state index contributed by atoms with van der Waals surface area (Å²) in [6.45, 7) is 10.5. The van der Waals surface area contributed by atoms with Gasteiger partial charge in [0.25, 0.3) is 0 Å². The Labute approximate surface area is 83.2 Å². The fraction of sp³-hybridized carbons (Fsp3) is 0.833. The Hall–Kier alpha value is -0.300. The van der Waals surface area contributed by atoms with Crippen molar-refractivity contribution in [3.63, 3.8) is 0 Å². The molecule has 0 bridgehead atoms. The van der Waals surface area contributed by atoms with E-state index in [1.54, 1.807) is 7.11 Å². The van der Waals surface area contributed by atoms with Gasteiger partial charge in [-0.2, -0.15) is 0 Å². The van der Waals surface area contributed by atoms with Crippen molar-refractivity contribution in [2.75, 3.05) is 7.11 Å². The summed E-state index contributed by atoms with van der Waals surface area (Å²) in [7, 11) is 1.80. The molecule has 0 fully saturated rings. The van der Waals surface area contributed by atoms with Gasteiger partial charge >= 0.3 is 0 Å². The van der Waals surface area contributed by atoms with Crippen molar-refractivity contribution >= 4 is 0 Å². The minimum Gasteiger partial charge on any atom is -0.381 e. The lowest BCUT2D eigenvalue weighted by molar-refractivity contribution is 0.0617. The summed E-state index contributed by atoms with van der Waals surface area (Å²) in [5, 5.41) is 0. The van der Waals surface area contributed by atoms with Gasteiger partial charge in [0.05, 0.1) is 6.10 Å². The Kier molecular flexibility index (Phi) is 6.97. The Bertz CT molecular complexity index is 140. The van der Waals surface area contributed by atoms with E-state index >= 15 is 0 Å². The first kappa shape index (κ1) is 12.7. The number of hydrogen-bond acceptors (Lipinski definition) is 1. The SMILES string of the molecule is C=C(C)[C@H](C)[C@@H](CCCCC)OC. The zero-order valence-corrected chi connectivity index (χ0v) is 9.60. The summed E-state index contributed by atoms with van der Waals surface area (Å²) >= 11 is 0. The molecule has 0 amide bonds. The van der Waals surface area contributed by atoms with Gasteiger partial charge in [-0.3, -0.25) is 0 Å². The molecule has 0 heterocycles. The zero-order valence-electron chi connectivity index (χ0n) is 9.60. The maximum absolute atomic E-state index is 5.46. The average molecular weight is 184 g/mol. The van der Waals surface area contributed by atoms with Crippen LogP contribution in [0.25, 0.3) is 0 Å². The van der Waals surface area contributed by atoms with Crippen LogP contribution in [0, 0.1) is 5.92 Å². The maximum Gasteiger partial charge on any atom is 0.0633 e. The standard InChI is InChI=1S/C12H24O/c1-6-7-8-9-12(13-5)11(4)10(2)3/h11-12H,2,6-9H2,1,3-5H3/t11-,12+/m0/s1. The molecular formula is C12H24O. The molecule has 0 aliphatic heterocycles. The van der Waals surface area contributed by atoms with Gasteiger partial charge < -0.3 is 4.74 Å². The Morgan fingerprint density at radius 1 is 1.38 bits per heavy atom. The highest BCUT2D eigenvalue weighted by Crippen LogP contribution is 2.20. The Morgan fingerprint density at radius 3 is 2.38 bits per heavy atom. The highest BCUT2D eigenvalue weighted by atomic mass is 16.5. The van der Waals surface area contributed by atoms with Crippen LogP contribution >= 0.6 is 0 Å². The normalized spacial score (nSPS) is 15.4. The van der Waals surface area contributed by atoms with Gasteiger partial charge in [-0.1, -0.05) is 45.3 Å². The van der Waals surface area contributed by atoms with Crippen molar-refractivity contribution in [3.05, 3.63) is 12.2 Å². The molecule has 0 aromatic heterocycles. The van der Waals surface area contributed by atoms with Gasteiger partial charge in [0, 0.05) is 13.0 Å². The largest absolute Gasteiger partial charge is 0.381 e. The molecule has 0 rings (SSSR count). The quantitative estimate of drug-likeness (QED) is 0.432. The van der Waals surface area contributed by atoms with Gasteiger partial charge in [-0.15, -0.1) is 0 Å². The van der Waals surface area contributed by atoms with Gasteiger partial charge in [0.1, 0.15) is 0 Å². The fourth-order valence-electron chi connectivity index (χ4n) is 1.48. The monoisotopic (exact) mass is 184 g/mol. The van der Waals surface area contributed by atoms with Gasteiger partial charge in [-0.05, 0) is 13.3 Å². The first-order valence-corrected chi connectivity index (χ1v) is 5.31. The predicted molar refractivity (Wildman–Crippen MR) is 58.9 cm³/mol. The molecule has 0 aromatic carbocycles. The highest BCUT2D eigenvalue weighted by molar-refractivity contribution is 4.97. The second kappa shape index (κ2) is 7.14. The van der Waals surface area contributed by atoms with E-state index in [1.165, 1.54) is 31.3 Å². The summed E-state index contributed by atoms with van der Waals surface area (Å²) < 4.78 is 5.46. The maximum atomic E-state index is 5.46. The van der Waals surface area contributed by atoms with Crippen LogP contribution in [-0.4, -0.2) is 13.2 Å². The number of ether oxygens (including phenoxy) is 1. The van der Waals surface area contributed by atoms with Crippen LogP contribution in [0.1, 0.15) is 46.5 Å². The molecule has 13 heavy (non-hydrogen) atoms. The van der Waals surface area contributed by atoms with E-state index in [4.69, 9.17) is 4.74 Å². The molecule has 0 unspecified atom stereocenters. The first-order valence-electron chi connectivity index (χ1n) is 5.31. The molecule has 1 heteroatoms. The molecule has 0 spiro atoms. The van der Waals surface area contributed by atoms with Gasteiger partial charge in [0.2, 0.25) is 0 Å². The minimum atomic E-state index is 0.365. The van der Waals surface area contributed by atoms with E-state index in [-0.39, 0.29) is 0 Å². The number of unbranched alkanes of at least 4 members (excludes halogenated alkanes) is 2. The lowest BCUT2D eigenvalue weighted by atomic mass is 9.93. The van der Waals surface area contributed by atoms with Crippen LogP contribution in [-0.2, 0) is 4.74 Å². The number of hydrogen-bond donors (Lipinski definition) is 0. The van der Waals surface area contributed by atoms with Crippen LogP contribution in [0.15, 0.2) is 12.2 Å². The summed E-state index contributed by atoms with van der Waals surface area (Å²) in [5.74, 6) is 0.488. The predicted octanol–water partition coefficient (Wildman–Crippen LogP) is 3.79. The summed E-state index contributed by atoms with van der Waals surface area (Å²) in [6.07, 6.45) is 5.38. The lowest BCUT2D eigenvalue weighted by Gasteiger charge is -2.22. The van der Waals surface area contributed by atoms with Crippen molar-refractivity contribution in [2.24, 2.45) is 5.92 Å². The van der Waals surface area contributed by atoms with Crippen molar-refractivity contribution in [1.82, 2.24) is 0 Å². The van der Waals surface area contributed by atoms with Gasteiger partial charge in [0.15, 0.2) is 0 Å². The van der Waals surface area contributed by atoms with Crippen molar-refractivity contribution in [2.45, 2.75) is 52.6 Å².